The molecule has 0 aliphatic rings. The van der Waals surface area contributed by atoms with Crippen molar-refractivity contribution in [2.24, 2.45) is 0 Å². The maximum absolute atomic E-state index is 12.7. The van der Waals surface area contributed by atoms with Gasteiger partial charge < -0.3 is 5.32 Å². The Bertz CT molecular complexity index is 759. The molecule has 1 atom stereocenters. The highest BCUT2D eigenvalue weighted by Crippen LogP contribution is 2.18. The topological polar surface area (TPSA) is 72.7 Å². The Morgan fingerprint density at radius 3 is 2.52 bits per heavy atom. The Balaban J connectivity index is 1.80. The summed E-state index contributed by atoms with van der Waals surface area (Å²) >= 11 is 3.37. The minimum atomic E-state index is -0.518. The summed E-state index contributed by atoms with van der Waals surface area (Å²) in [5.74, 6) is -0.163. The van der Waals surface area contributed by atoms with E-state index in [-0.39, 0.29) is 5.91 Å². The van der Waals surface area contributed by atoms with Gasteiger partial charge in [-0.2, -0.15) is 0 Å². The molecular formula is C16H14BrN5O. The second kappa shape index (κ2) is 7.15. The van der Waals surface area contributed by atoms with E-state index >= 15 is 0 Å². The van der Waals surface area contributed by atoms with Crippen molar-refractivity contribution in [2.75, 3.05) is 5.32 Å². The first kappa shape index (κ1) is 15.4. The molecule has 3 aromatic rings. The Morgan fingerprint density at radius 2 is 1.87 bits per heavy atom. The van der Waals surface area contributed by atoms with Gasteiger partial charge in [-0.3, -0.25) is 4.79 Å². The minimum Gasteiger partial charge on any atom is -0.324 e. The summed E-state index contributed by atoms with van der Waals surface area (Å²) in [5, 5.41) is 14.0. The number of benzene rings is 2. The molecule has 0 bridgehead atoms. The third kappa shape index (κ3) is 4.01. The van der Waals surface area contributed by atoms with Gasteiger partial charge in [0.25, 0.3) is 0 Å². The van der Waals surface area contributed by atoms with Gasteiger partial charge in [-0.05, 0) is 40.3 Å². The van der Waals surface area contributed by atoms with E-state index in [0.717, 1.165) is 15.7 Å². The van der Waals surface area contributed by atoms with Crippen LogP contribution in [-0.2, 0) is 11.2 Å². The summed E-state index contributed by atoms with van der Waals surface area (Å²) in [6, 6.07) is 16.7. The zero-order valence-electron chi connectivity index (χ0n) is 12.1. The lowest BCUT2D eigenvalue weighted by Gasteiger charge is -2.16. The highest BCUT2D eigenvalue weighted by atomic mass is 79.9. The number of carbonyl (C=O) groups excluding carboxylic acids is 1. The van der Waals surface area contributed by atoms with E-state index in [0.29, 0.717) is 6.42 Å². The molecule has 23 heavy (non-hydrogen) atoms. The van der Waals surface area contributed by atoms with E-state index in [1.54, 1.807) is 0 Å². The van der Waals surface area contributed by atoms with Crippen molar-refractivity contribution in [3.8, 4) is 0 Å². The zero-order valence-corrected chi connectivity index (χ0v) is 13.7. The smallest absolute Gasteiger partial charge is 0.249 e. The molecule has 0 saturated carbocycles. The SMILES string of the molecule is O=C(Nc1ccc(Br)cc1)[C@@H](Cc1ccccc1)n1cnnn1. The van der Waals surface area contributed by atoms with E-state index in [2.05, 4.69) is 36.8 Å². The maximum Gasteiger partial charge on any atom is 0.249 e. The summed E-state index contributed by atoms with van der Waals surface area (Å²) in [5.41, 5.74) is 1.77. The van der Waals surface area contributed by atoms with E-state index in [1.807, 2.05) is 54.6 Å². The van der Waals surface area contributed by atoms with Gasteiger partial charge in [0, 0.05) is 16.6 Å². The summed E-state index contributed by atoms with van der Waals surface area (Å²) in [6.07, 6.45) is 1.96. The number of amides is 1. The van der Waals surface area contributed by atoms with Gasteiger partial charge in [0.1, 0.15) is 12.4 Å². The van der Waals surface area contributed by atoms with Crippen LogP contribution in [0.5, 0.6) is 0 Å². The third-order valence-corrected chi connectivity index (χ3v) is 3.90. The van der Waals surface area contributed by atoms with Gasteiger partial charge in [-0.15, -0.1) is 5.10 Å². The van der Waals surface area contributed by atoms with Gasteiger partial charge in [-0.1, -0.05) is 46.3 Å². The number of halogens is 1. The highest BCUT2D eigenvalue weighted by Gasteiger charge is 2.22. The fourth-order valence-electron chi connectivity index (χ4n) is 2.21. The van der Waals surface area contributed by atoms with Crippen LogP contribution < -0.4 is 5.32 Å². The summed E-state index contributed by atoms with van der Waals surface area (Å²) in [4.78, 5) is 12.7. The number of rotatable bonds is 5. The van der Waals surface area contributed by atoms with Crippen molar-refractivity contribution in [1.82, 2.24) is 20.2 Å². The number of nitrogens with one attached hydrogen (secondary N) is 1. The standard InChI is InChI=1S/C16H14BrN5O/c17-13-6-8-14(9-7-13)19-16(23)15(22-11-18-20-21-22)10-12-4-2-1-3-5-12/h1-9,11,15H,10H2,(H,19,23)/t15-/m1/s1. The predicted molar refractivity (Wildman–Crippen MR) is 89.8 cm³/mol. The molecule has 3 rings (SSSR count). The van der Waals surface area contributed by atoms with Crippen molar-refractivity contribution < 1.29 is 4.79 Å². The van der Waals surface area contributed by atoms with E-state index in [9.17, 15) is 4.79 Å². The first-order valence-corrected chi connectivity index (χ1v) is 7.84. The fourth-order valence-corrected chi connectivity index (χ4v) is 2.48. The van der Waals surface area contributed by atoms with Gasteiger partial charge in [0.2, 0.25) is 5.91 Å². The van der Waals surface area contributed by atoms with Crippen LogP contribution in [0.1, 0.15) is 11.6 Å². The molecule has 0 aliphatic heterocycles. The summed E-state index contributed by atoms with van der Waals surface area (Å²) in [7, 11) is 0. The maximum atomic E-state index is 12.7. The average Bonchev–Trinajstić information content (AvgIpc) is 3.10. The number of aromatic nitrogens is 4. The molecule has 0 aliphatic carbocycles. The van der Waals surface area contributed by atoms with Crippen LogP contribution in [0.15, 0.2) is 65.4 Å². The molecule has 0 unspecified atom stereocenters. The number of hydrogen-bond donors (Lipinski definition) is 1. The Hall–Kier alpha value is -2.54. The first-order chi connectivity index (χ1) is 11.2. The van der Waals surface area contributed by atoms with Crippen LogP contribution in [0, 0.1) is 0 Å². The van der Waals surface area contributed by atoms with Gasteiger partial charge >= 0.3 is 0 Å². The highest BCUT2D eigenvalue weighted by molar-refractivity contribution is 9.10. The molecule has 6 nitrogen and oxygen atoms in total. The lowest BCUT2D eigenvalue weighted by atomic mass is 10.1. The Labute approximate surface area is 141 Å². The third-order valence-electron chi connectivity index (χ3n) is 3.37. The normalized spacial score (nSPS) is 11.9. The number of anilines is 1. The second-order valence-electron chi connectivity index (χ2n) is 4.99. The molecule has 1 aromatic heterocycles. The predicted octanol–water partition coefficient (Wildman–Crippen LogP) is 2.86. The molecule has 2 aromatic carbocycles. The molecule has 1 heterocycles. The molecule has 116 valence electrons. The van der Waals surface area contributed by atoms with Gasteiger partial charge in [-0.25, -0.2) is 4.68 Å². The van der Waals surface area contributed by atoms with Gasteiger partial charge in [0.15, 0.2) is 0 Å². The molecule has 0 spiro atoms. The van der Waals surface area contributed by atoms with Crippen LogP contribution in [0.25, 0.3) is 0 Å². The Kier molecular flexibility index (Phi) is 4.77. The monoisotopic (exact) mass is 371 g/mol. The summed E-state index contributed by atoms with van der Waals surface area (Å²) < 4.78 is 2.43. The zero-order chi connectivity index (χ0) is 16.1. The average molecular weight is 372 g/mol. The number of nitrogens with zero attached hydrogens (tertiary/aromatic N) is 4. The lowest BCUT2D eigenvalue weighted by Crippen LogP contribution is -2.28. The first-order valence-electron chi connectivity index (χ1n) is 7.05. The molecule has 1 N–H and O–H groups in total. The molecule has 0 saturated heterocycles. The van der Waals surface area contributed by atoms with E-state index < -0.39 is 6.04 Å². The summed E-state index contributed by atoms with van der Waals surface area (Å²) in [6.45, 7) is 0. The van der Waals surface area contributed by atoms with Crippen LogP contribution >= 0.6 is 15.9 Å². The number of hydrogen-bond acceptors (Lipinski definition) is 4. The van der Waals surface area contributed by atoms with E-state index in [4.69, 9.17) is 0 Å². The Morgan fingerprint density at radius 1 is 1.13 bits per heavy atom. The van der Waals surface area contributed by atoms with Gasteiger partial charge in [0.05, 0.1) is 0 Å². The number of carbonyl (C=O) groups is 1. The van der Waals surface area contributed by atoms with Crippen LogP contribution in [0.3, 0.4) is 0 Å². The van der Waals surface area contributed by atoms with Crippen molar-refractivity contribution in [3.05, 3.63) is 71.0 Å². The molecule has 7 heteroatoms. The minimum absolute atomic E-state index is 0.163. The quantitative estimate of drug-likeness (QED) is 0.748. The molecule has 0 fully saturated rings. The number of tetrazole rings is 1. The van der Waals surface area contributed by atoms with Crippen LogP contribution in [0.4, 0.5) is 5.69 Å². The second-order valence-corrected chi connectivity index (χ2v) is 5.91. The van der Waals surface area contributed by atoms with Crippen molar-refractivity contribution in [1.29, 1.82) is 0 Å². The lowest BCUT2D eigenvalue weighted by molar-refractivity contribution is -0.119. The van der Waals surface area contributed by atoms with Crippen molar-refractivity contribution in [3.63, 3.8) is 0 Å². The molecule has 1 amide bonds. The van der Waals surface area contributed by atoms with Crippen molar-refractivity contribution >= 4 is 27.5 Å². The van der Waals surface area contributed by atoms with Crippen molar-refractivity contribution in [2.45, 2.75) is 12.5 Å². The molecule has 0 radical (unpaired) electrons. The fraction of sp³-hybridized carbons (Fsp3) is 0.125. The van der Waals surface area contributed by atoms with Crippen LogP contribution in [-0.4, -0.2) is 26.1 Å². The van der Waals surface area contributed by atoms with E-state index in [1.165, 1.54) is 11.0 Å². The van der Waals surface area contributed by atoms with Crippen LogP contribution in [0.2, 0.25) is 0 Å². The molecular weight excluding hydrogens is 358 g/mol. The largest absolute Gasteiger partial charge is 0.324 e.